The molecule has 0 N–H and O–H groups in total. The van der Waals surface area contributed by atoms with E-state index in [9.17, 15) is 0 Å². The first-order chi connectivity index (χ1) is 11.2. The standard InChI is InChI=1S/C17H23N3O2S/c1-11-3-4-13(23-11)9-20-7-5-16-15(10-20)14(6-8-21-16)17-18-12(2)19-22-17/h3-4,14-16H,5-10H2,1-2H3/t14-,15-,16-/m1/s1. The average molecular weight is 333 g/mol. The predicted molar refractivity (Wildman–Crippen MR) is 88.6 cm³/mol. The highest BCUT2D eigenvalue weighted by Crippen LogP contribution is 2.39. The molecule has 0 radical (unpaired) electrons. The van der Waals surface area contributed by atoms with E-state index in [4.69, 9.17) is 9.26 Å². The predicted octanol–water partition coefficient (Wildman–Crippen LogP) is 3.14. The Labute approximate surface area is 140 Å². The second kappa shape index (κ2) is 6.34. The number of nitrogens with zero attached hydrogens (tertiary/aromatic N) is 3. The molecule has 5 nitrogen and oxygen atoms in total. The molecule has 2 fully saturated rings. The maximum Gasteiger partial charge on any atom is 0.230 e. The number of hydrogen-bond acceptors (Lipinski definition) is 6. The van der Waals surface area contributed by atoms with Crippen LogP contribution >= 0.6 is 11.3 Å². The molecule has 124 valence electrons. The van der Waals surface area contributed by atoms with Crippen LogP contribution in [0.5, 0.6) is 0 Å². The summed E-state index contributed by atoms with van der Waals surface area (Å²) in [6.45, 7) is 8.05. The average Bonchev–Trinajstić information content (AvgIpc) is 3.15. The molecule has 0 bridgehead atoms. The zero-order valence-electron chi connectivity index (χ0n) is 13.7. The Morgan fingerprint density at radius 1 is 1.30 bits per heavy atom. The van der Waals surface area contributed by atoms with Gasteiger partial charge < -0.3 is 9.26 Å². The second-order valence-electron chi connectivity index (χ2n) is 6.68. The normalized spacial score (nSPS) is 28.7. The summed E-state index contributed by atoms with van der Waals surface area (Å²) in [5.74, 6) is 2.32. The molecule has 2 aromatic rings. The number of ether oxygens (including phenoxy) is 1. The minimum atomic E-state index is 0.335. The van der Waals surface area contributed by atoms with Gasteiger partial charge in [0.25, 0.3) is 0 Å². The molecule has 2 aliphatic rings. The van der Waals surface area contributed by atoms with Crippen LogP contribution in [0.2, 0.25) is 0 Å². The molecule has 4 rings (SSSR count). The van der Waals surface area contributed by atoms with Crippen LogP contribution in [0.4, 0.5) is 0 Å². The van der Waals surface area contributed by atoms with E-state index in [-0.39, 0.29) is 0 Å². The fourth-order valence-electron chi connectivity index (χ4n) is 3.89. The topological polar surface area (TPSA) is 51.4 Å². The van der Waals surface area contributed by atoms with Crippen molar-refractivity contribution in [2.75, 3.05) is 19.7 Å². The second-order valence-corrected chi connectivity index (χ2v) is 8.06. The zero-order chi connectivity index (χ0) is 15.8. The van der Waals surface area contributed by atoms with Gasteiger partial charge in [0.15, 0.2) is 5.82 Å². The number of thiophene rings is 1. The van der Waals surface area contributed by atoms with Crippen molar-refractivity contribution in [3.05, 3.63) is 33.6 Å². The molecule has 2 aliphatic heterocycles. The van der Waals surface area contributed by atoms with E-state index in [0.717, 1.165) is 50.8 Å². The Bertz CT molecular complexity index is 668. The van der Waals surface area contributed by atoms with Crippen LogP contribution in [0, 0.1) is 19.8 Å². The monoisotopic (exact) mass is 333 g/mol. The summed E-state index contributed by atoms with van der Waals surface area (Å²) in [5.41, 5.74) is 0. The van der Waals surface area contributed by atoms with Crippen molar-refractivity contribution < 1.29 is 9.26 Å². The van der Waals surface area contributed by atoms with Crippen molar-refractivity contribution in [2.45, 2.75) is 45.3 Å². The summed E-state index contributed by atoms with van der Waals surface area (Å²) < 4.78 is 11.5. The van der Waals surface area contributed by atoms with Gasteiger partial charge in [0.2, 0.25) is 5.89 Å². The number of aromatic nitrogens is 2. The molecule has 4 heterocycles. The van der Waals surface area contributed by atoms with E-state index in [0.29, 0.717) is 17.9 Å². The van der Waals surface area contributed by atoms with Crippen molar-refractivity contribution in [2.24, 2.45) is 5.92 Å². The van der Waals surface area contributed by atoms with E-state index in [2.05, 4.69) is 34.1 Å². The third-order valence-corrected chi connectivity index (χ3v) is 5.98. The molecule has 23 heavy (non-hydrogen) atoms. The summed E-state index contributed by atoms with van der Waals surface area (Å²) in [4.78, 5) is 9.87. The first-order valence-corrected chi connectivity index (χ1v) is 9.20. The first kappa shape index (κ1) is 15.3. The number of fused-ring (bicyclic) bond motifs is 1. The Kier molecular flexibility index (Phi) is 4.22. The molecule has 0 spiro atoms. The van der Waals surface area contributed by atoms with Crippen molar-refractivity contribution in [3.63, 3.8) is 0 Å². The van der Waals surface area contributed by atoms with Gasteiger partial charge in [-0.1, -0.05) is 5.16 Å². The van der Waals surface area contributed by atoms with Crippen LogP contribution in [0.1, 0.15) is 40.2 Å². The molecule has 0 amide bonds. The van der Waals surface area contributed by atoms with Crippen LogP contribution in [0.3, 0.4) is 0 Å². The fraction of sp³-hybridized carbons (Fsp3) is 0.647. The summed E-state index contributed by atoms with van der Waals surface area (Å²) in [5, 5.41) is 3.98. The molecular formula is C17H23N3O2S. The Balaban J connectivity index is 1.49. The van der Waals surface area contributed by atoms with E-state index >= 15 is 0 Å². The van der Waals surface area contributed by atoms with Gasteiger partial charge in [0.1, 0.15) is 0 Å². The van der Waals surface area contributed by atoms with Gasteiger partial charge in [-0.3, -0.25) is 4.90 Å². The van der Waals surface area contributed by atoms with Crippen LogP contribution in [-0.2, 0) is 11.3 Å². The molecule has 0 aromatic carbocycles. The third-order valence-electron chi connectivity index (χ3n) is 4.99. The van der Waals surface area contributed by atoms with Crippen LogP contribution in [-0.4, -0.2) is 40.8 Å². The van der Waals surface area contributed by atoms with Crippen molar-refractivity contribution in [3.8, 4) is 0 Å². The summed E-state index contributed by atoms with van der Waals surface area (Å²) >= 11 is 1.90. The maximum atomic E-state index is 6.03. The smallest absolute Gasteiger partial charge is 0.230 e. The van der Waals surface area contributed by atoms with Gasteiger partial charge in [-0.15, -0.1) is 11.3 Å². The molecule has 0 saturated carbocycles. The highest BCUT2D eigenvalue weighted by atomic mass is 32.1. The van der Waals surface area contributed by atoms with Crippen LogP contribution < -0.4 is 0 Å². The van der Waals surface area contributed by atoms with Gasteiger partial charge in [0.05, 0.1) is 6.10 Å². The van der Waals surface area contributed by atoms with E-state index in [1.165, 1.54) is 9.75 Å². The Morgan fingerprint density at radius 3 is 2.96 bits per heavy atom. The number of rotatable bonds is 3. The van der Waals surface area contributed by atoms with E-state index in [1.807, 2.05) is 18.3 Å². The number of aryl methyl sites for hydroxylation is 2. The van der Waals surface area contributed by atoms with Crippen molar-refractivity contribution in [1.29, 1.82) is 0 Å². The first-order valence-electron chi connectivity index (χ1n) is 8.38. The Morgan fingerprint density at radius 2 is 2.22 bits per heavy atom. The van der Waals surface area contributed by atoms with Crippen LogP contribution in [0.15, 0.2) is 16.7 Å². The lowest BCUT2D eigenvalue weighted by atomic mass is 9.79. The Hall–Kier alpha value is -1.24. The summed E-state index contributed by atoms with van der Waals surface area (Å²) in [7, 11) is 0. The van der Waals surface area contributed by atoms with Crippen LogP contribution in [0.25, 0.3) is 0 Å². The van der Waals surface area contributed by atoms with Gasteiger partial charge >= 0.3 is 0 Å². The van der Waals surface area contributed by atoms with E-state index in [1.54, 1.807) is 0 Å². The largest absolute Gasteiger partial charge is 0.378 e. The molecule has 0 aliphatic carbocycles. The van der Waals surface area contributed by atoms with Gasteiger partial charge in [0, 0.05) is 47.8 Å². The number of likely N-dealkylation sites (tertiary alicyclic amines) is 1. The van der Waals surface area contributed by atoms with Gasteiger partial charge in [-0.25, -0.2) is 0 Å². The molecule has 2 saturated heterocycles. The highest BCUT2D eigenvalue weighted by Gasteiger charge is 2.41. The zero-order valence-corrected chi connectivity index (χ0v) is 14.5. The SMILES string of the molecule is Cc1noc([C@@H]2CCO[C@@H]3CCN(Cc4ccc(C)s4)C[C@@H]32)n1. The molecular weight excluding hydrogens is 310 g/mol. The third kappa shape index (κ3) is 3.20. The van der Waals surface area contributed by atoms with E-state index < -0.39 is 0 Å². The van der Waals surface area contributed by atoms with Gasteiger partial charge in [-0.05, 0) is 38.8 Å². The maximum absolute atomic E-state index is 6.03. The highest BCUT2D eigenvalue weighted by molar-refractivity contribution is 7.11. The summed E-state index contributed by atoms with van der Waals surface area (Å²) in [6.07, 6.45) is 2.41. The summed E-state index contributed by atoms with van der Waals surface area (Å²) in [6, 6.07) is 4.46. The lowest BCUT2D eigenvalue weighted by Gasteiger charge is -2.43. The number of hydrogen-bond donors (Lipinski definition) is 0. The lowest BCUT2D eigenvalue weighted by Crippen LogP contribution is -2.48. The minimum absolute atomic E-state index is 0.335. The number of piperidine rings is 1. The van der Waals surface area contributed by atoms with Gasteiger partial charge in [-0.2, -0.15) is 4.98 Å². The molecule has 0 unspecified atom stereocenters. The fourth-order valence-corrected chi connectivity index (χ4v) is 4.82. The van der Waals surface area contributed by atoms with Crippen molar-refractivity contribution in [1.82, 2.24) is 15.0 Å². The quantitative estimate of drug-likeness (QED) is 0.864. The molecule has 6 heteroatoms. The molecule has 3 atom stereocenters. The van der Waals surface area contributed by atoms with Crippen molar-refractivity contribution >= 4 is 11.3 Å². The molecule has 2 aromatic heterocycles. The minimum Gasteiger partial charge on any atom is -0.378 e. The lowest BCUT2D eigenvalue weighted by molar-refractivity contribution is -0.0824.